The molecule has 178 valence electrons. The highest BCUT2D eigenvalue weighted by Crippen LogP contribution is 2.31. The van der Waals surface area contributed by atoms with Crippen LogP contribution in [0.2, 0.25) is 0 Å². The molecule has 1 atom stereocenters. The summed E-state index contributed by atoms with van der Waals surface area (Å²) >= 11 is 0. The summed E-state index contributed by atoms with van der Waals surface area (Å²) in [5, 5.41) is 6.94. The Morgan fingerprint density at radius 2 is 1.91 bits per heavy atom. The molecule has 0 bridgehead atoms. The molecule has 0 aromatic heterocycles. The third kappa shape index (κ3) is 6.36. The molecule has 1 saturated heterocycles. The minimum atomic E-state index is 0.00438. The number of aliphatic imine (C=N–C) groups is 1. The van der Waals surface area contributed by atoms with Crippen molar-refractivity contribution in [3.8, 4) is 5.75 Å². The van der Waals surface area contributed by atoms with Crippen molar-refractivity contribution in [1.82, 2.24) is 15.5 Å². The lowest BCUT2D eigenvalue weighted by molar-refractivity contribution is -0.121. The minimum absolute atomic E-state index is 0.00438. The summed E-state index contributed by atoms with van der Waals surface area (Å²) in [5.74, 6) is 2.23. The lowest BCUT2D eigenvalue weighted by atomic mass is 9.92. The van der Waals surface area contributed by atoms with Crippen LogP contribution in [0.3, 0.4) is 0 Å². The van der Waals surface area contributed by atoms with E-state index < -0.39 is 0 Å². The first-order valence-corrected chi connectivity index (χ1v) is 12.0. The summed E-state index contributed by atoms with van der Waals surface area (Å²) in [5.41, 5.74) is 0.852. The molecule has 2 aliphatic heterocycles. The van der Waals surface area contributed by atoms with Crippen LogP contribution in [0.15, 0.2) is 29.3 Å². The zero-order chi connectivity index (χ0) is 22.8. The van der Waals surface area contributed by atoms with Crippen molar-refractivity contribution in [1.29, 1.82) is 0 Å². The third-order valence-electron chi connectivity index (χ3n) is 6.47. The molecule has 2 heterocycles. The van der Waals surface area contributed by atoms with Crippen LogP contribution in [0.5, 0.6) is 5.75 Å². The van der Waals surface area contributed by atoms with Crippen molar-refractivity contribution in [3.63, 3.8) is 0 Å². The van der Waals surface area contributed by atoms with E-state index in [9.17, 15) is 4.79 Å². The summed E-state index contributed by atoms with van der Waals surface area (Å²) in [6.45, 7) is 10.5. The van der Waals surface area contributed by atoms with Crippen molar-refractivity contribution in [2.24, 2.45) is 10.9 Å². The standard InChI is InChI=1S/C24H39N5O3/c1-4-19(5-2)21(28-13-15-31-16-14-28)17-27-24(25-3)26-11-8-12-29-20-9-6-7-10-22(20)32-18-23(29)30/h6-7,9-10,19,21H,4-5,8,11-18H2,1-3H3,(H2,25,26,27). The van der Waals surface area contributed by atoms with E-state index in [-0.39, 0.29) is 12.5 Å². The first-order valence-electron chi connectivity index (χ1n) is 12.0. The Kier molecular flexibility index (Phi) is 9.62. The fraction of sp³-hybridized carbons (Fsp3) is 0.667. The summed E-state index contributed by atoms with van der Waals surface area (Å²) in [6, 6.07) is 8.17. The van der Waals surface area contributed by atoms with Gasteiger partial charge in [0.15, 0.2) is 12.6 Å². The van der Waals surface area contributed by atoms with Crippen molar-refractivity contribution in [2.45, 2.75) is 39.2 Å². The fourth-order valence-corrected chi connectivity index (χ4v) is 4.60. The minimum Gasteiger partial charge on any atom is -0.482 e. The van der Waals surface area contributed by atoms with E-state index in [1.54, 1.807) is 7.05 Å². The highest BCUT2D eigenvalue weighted by atomic mass is 16.5. The predicted molar refractivity (Wildman–Crippen MR) is 129 cm³/mol. The summed E-state index contributed by atoms with van der Waals surface area (Å²) < 4.78 is 11.1. The van der Waals surface area contributed by atoms with Crippen molar-refractivity contribution in [2.75, 3.05) is 64.5 Å². The normalized spacial score (nSPS) is 18.3. The number of nitrogens with zero attached hydrogens (tertiary/aromatic N) is 3. The van der Waals surface area contributed by atoms with Crippen LogP contribution in [0.4, 0.5) is 5.69 Å². The Labute approximate surface area is 192 Å². The van der Waals surface area contributed by atoms with Crippen molar-refractivity contribution < 1.29 is 14.3 Å². The van der Waals surface area contributed by atoms with Gasteiger partial charge in [0.1, 0.15) is 5.75 Å². The van der Waals surface area contributed by atoms with E-state index in [4.69, 9.17) is 9.47 Å². The summed E-state index contributed by atoms with van der Waals surface area (Å²) in [6.07, 6.45) is 3.16. The number of para-hydroxylation sites is 2. The third-order valence-corrected chi connectivity index (χ3v) is 6.47. The molecule has 8 heteroatoms. The van der Waals surface area contributed by atoms with Gasteiger partial charge in [-0.15, -0.1) is 0 Å². The number of fused-ring (bicyclic) bond motifs is 1. The maximum Gasteiger partial charge on any atom is 0.265 e. The molecule has 1 aromatic carbocycles. The molecule has 1 unspecified atom stereocenters. The van der Waals surface area contributed by atoms with Crippen molar-refractivity contribution in [3.05, 3.63) is 24.3 Å². The Bertz CT molecular complexity index is 747. The molecule has 1 amide bonds. The number of hydrogen-bond donors (Lipinski definition) is 2. The van der Waals surface area contributed by atoms with Gasteiger partial charge in [-0.3, -0.25) is 14.7 Å². The predicted octanol–water partition coefficient (Wildman–Crippen LogP) is 2.10. The highest BCUT2D eigenvalue weighted by Gasteiger charge is 2.27. The van der Waals surface area contributed by atoms with Gasteiger partial charge < -0.3 is 25.0 Å². The van der Waals surface area contributed by atoms with Gasteiger partial charge in [-0.2, -0.15) is 0 Å². The number of hydrogen-bond acceptors (Lipinski definition) is 5. The number of morpholine rings is 1. The van der Waals surface area contributed by atoms with Crippen LogP contribution in [-0.2, 0) is 9.53 Å². The van der Waals surface area contributed by atoms with Gasteiger partial charge in [0.2, 0.25) is 0 Å². The number of anilines is 1. The molecule has 3 rings (SSSR count). The zero-order valence-electron chi connectivity index (χ0n) is 19.8. The summed E-state index contributed by atoms with van der Waals surface area (Å²) in [4.78, 5) is 21.1. The number of amides is 1. The SMILES string of the molecule is CCC(CC)C(CNC(=NC)NCCCN1C(=O)COc2ccccc21)N1CCOCC1. The van der Waals surface area contributed by atoms with Crippen LogP contribution < -0.4 is 20.3 Å². The first-order chi connectivity index (χ1) is 15.7. The highest BCUT2D eigenvalue weighted by molar-refractivity contribution is 5.97. The van der Waals surface area contributed by atoms with Gasteiger partial charge in [-0.25, -0.2) is 0 Å². The van der Waals surface area contributed by atoms with Crippen LogP contribution in [0.1, 0.15) is 33.1 Å². The number of carbonyl (C=O) groups is 1. The van der Waals surface area contributed by atoms with Crippen LogP contribution >= 0.6 is 0 Å². The van der Waals surface area contributed by atoms with E-state index >= 15 is 0 Å². The van der Waals surface area contributed by atoms with E-state index in [2.05, 4.69) is 34.4 Å². The van der Waals surface area contributed by atoms with Gasteiger partial charge in [-0.1, -0.05) is 38.8 Å². The fourth-order valence-electron chi connectivity index (χ4n) is 4.60. The molecule has 1 aromatic rings. The average molecular weight is 446 g/mol. The van der Waals surface area contributed by atoms with E-state index in [0.29, 0.717) is 18.5 Å². The Morgan fingerprint density at radius 3 is 2.62 bits per heavy atom. The van der Waals surface area contributed by atoms with Gasteiger partial charge >= 0.3 is 0 Å². The lowest BCUT2D eigenvalue weighted by Gasteiger charge is -2.39. The molecule has 32 heavy (non-hydrogen) atoms. The quantitative estimate of drug-likeness (QED) is 0.326. The molecule has 0 saturated carbocycles. The summed E-state index contributed by atoms with van der Waals surface area (Å²) in [7, 11) is 1.80. The second-order valence-corrected chi connectivity index (χ2v) is 8.33. The second kappa shape index (κ2) is 12.6. The number of nitrogens with one attached hydrogen (secondary N) is 2. The molecule has 0 spiro atoms. The Hall–Kier alpha value is -2.32. The van der Waals surface area contributed by atoms with Crippen LogP contribution in [0, 0.1) is 5.92 Å². The average Bonchev–Trinajstić information content (AvgIpc) is 2.84. The Morgan fingerprint density at radius 1 is 1.16 bits per heavy atom. The molecule has 0 aliphatic carbocycles. The molecular weight excluding hydrogens is 406 g/mol. The second-order valence-electron chi connectivity index (χ2n) is 8.33. The van der Waals surface area contributed by atoms with E-state index in [1.165, 1.54) is 12.8 Å². The Balaban J connectivity index is 1.47. The maximum absolute atomic E-state index is 12.3. The van der Waals surface area contributed by atoms with Crippen LogP contribution in [0.25, 0.3) is 0 Å². The molecular formula is C24H39N5O3. The molecule has 8 nitrogen and oxygen atoms in total. The van der Waals surface area contributed by atoms with Crippen LogP contribution in [-0.4, -0.2) is 82.4 Å². The smallest absolute Gasteiger partial charge is 0.265 e. The molecule has 2 aliphatic rings. The van der Waals surface area contributed by atoms with Gasteiger partial charge in [-0.05, 0) is 24.5 Å². The van der Waals surface area contributed by atoms with Gasteiger partial charge in [0, 0.05) is 45.8 Å². The largest absolute Gasteiger partial charge is 0.482 e. The topological polar surface area (TPSA) is 78.4 Å². The number of carbonyl (C=O) groups excluding carboxylic acids is 1. The van der Waals surface area contributed by atoms with E-state index in [0.717, 1.165) is 63.2 Å². The number of ether oxygens (including phenoxy) is 2. The van der Waals surface area contributed by atoms with Gasteiger partial charge in [0.25, 0.3) is 5.91 Å². The molecule has 2 N–H and O–H groups in total. The monoisotopic (exact) mass is 445 g/mol. The van der Waals surface area contributed by atoms with Crippen molar-refractivity contribution >= 4 is 17.6 Å². The zero-order valence-corrected chi connectivity index (χ0v) is 19.8. The maximum atomic E-state index is 12.3. The molecule has 0 radical (unpaired) electrons. The number of guanidine groups is 1. The van der Waals surface area contributed by atoms with E-state index in [1.807, 2.05) is 29.2 Å². The lowest BCUT2D eigenvalue weighted by Crippen LogP contribution is -2.53. The molecule has 1 fully saturated rings. The number of rotatable bonds is 10. The first kappa shape index (κ1) is 24.3. The number of benzene rings is 1. The van der Waals surface area contributed by atoms with Gasteiger partial charge in [0.05, 0.1) is 18.9 Å².